The number of nitrogens with one attached hydrogen (secondary N) is 1. The number of esters is 4. The van der Waals surface area contributed by atoms with Crippen LogP contribution in [0.25, 0.3) is 11.1 Å². The Kier molecular flexibility index (Phi) is 26.1. The number of carbonyl (C=O) groups is 6. The average Bonchev–Trinajstić information content (AvgIpc) is 1.56. The van der Waals surface area contributed by atoms with Gasteiger partial charge in [0.15, 0.2) is 21.2 Å². The van der Waals surface area contributed by atoms with Gasteiger partial charge in [-0.15, -0.1) is 21.1 Å². The largest absolute Gasteiger partial charge is 0.493 e. The van der Waals surface area contributed by atoms with E-state index in [1.807, 2.05) is 20.8 Å². The van der Waals surface area contributed by atoms with Gasteiger partial charge in [0, 0.05) is 59.6 Å². The molecule has 36 heteroatoms. The molecule has 7 heterocycles. The Bertz CT molecular complexity index is 4860. The molecule has 0 spiro atoms. The van der Waals surface area contributed by atoms with Crippen molar-refractivity contribution in [2.24, 2.45) is 29.8 Å². The Morgan fingerprint density at radius 1 is 0.816 bits per heavy atom. The predicted octanol–water partition coefficient (Wildman–Crippen LogP) is 8.06. The number of oxime groups is 1. The molecule has 556 valence electrons. The van der Waals surface area contributed by atoms with Crippen LogP contribution in [0.15, 0.2) is 83.7 Å². The Morgan fingerprint density at radius 3 is 1.99 bits per heavy atom. The number of ketones is 1. The normalized spacial score (nSPS) is 14.9. The maximum absolute atomic E-state index is 13.5. The van der Waals surface area contributed by atoms with Crippen molar-refractivity contribution in [3.8, 4) is 28.9 Å². The molecule has 0 bridgehead atoms. The number of hydrogen-bond donors (Lipinski definition) is 2. The first kappa shape index (κ1) is 80.8. The number of benzene rings is 3. The molecule has 0 saturated heterocycles. The van der Waals surface area contributed by atoms with Crippen LogP contribution in [-0.2, 0) is 98.1 Å². The van der Waals surface area contributed by atoms with E-state index < -0.39 is 71.1 Å². The van der Waals surface area contributed by atoms with Crippen molar-refractivity contribution in [3.63, 3.8) is 0 Å². The van der Waals surface area contributed by atoms with Crippen molar-refractivity contribution in [3.05, 3.63) is 134 Å². The van der Waals surface area contributed by atoms with Gasteiger partial charge in [-0.2, -0.15) is 10.2 Å². The molecular formula is C67H81Cl2N11O20S3. The summed E-state index contributed by atoms with van der Waals surface area (Å²) >= 11 is 13.2. The number of sulfonamides is 1. The maximum Gasteiger partial charge on any atom is 0.360 e. The van der Waals surface area contributed by atoms with E-state index in [-0.39, 0.29) is 75.2 Å². The minimum absolute atomic E-state index is 0.0493. The number of aromatic nitrogens is 7. The van der Waals surface area contributed by atoms with Crippen molar-refractivity contribution in [1.82, 2.24) is 38.2 Å². The number of anilines is 1. The molecule has 103 heavy (non-hydrogen) atoms. The smallest absolute Gasteiger partial charge is 0.360 e. The lowest BCUT2D eigenvalue weighted by Gasteiger charge is -2.32. The first-order valence-corrected chi connectivity index (χ1v) is 37.0. The van der Waals surface area contributed by atoms with Crippen molar-refractivity contribution in [2.45, 2.75) is 130 Å². The molecular weight excluding hydrogens is 1450 g/mol. The third kappa shape index (κ3) is 17.6. The van der Waals surface area contributed by atoms with Crippen LogP contribution in [-0.4, -0.2) is 162 Å². The minimum Gasteiger partial charge on any atom is -0.493 e. The zero-order chi connectivity index (χ0) is 76.5. The van der Waals surface area contributed by atoms with E-state index in [1.54, 1.807) is 60.0 Å². The van der Waals surface area contributed by atoms with E-state index in [4.69, 9.17) is 51.7 Å². The van der Waals surface area contributed by atoms with Gasteiger partial charge < -0.3 is 38.4 Å². The fourth-order valence-electron chi connectivity index (χ4n) is 11.0. The number of carbonyl (C=O) groups excluding carboxylic acids is 6. The van der Waals surface area contributed by atoms with E-state index in [1.165, 1.54) is 67.1 Å². The molecule has 2 N–H and O–H groups in total. The summed E-state index contributed by atoms with van der Waals surface area (Å²) in [4.78, 5) is 104. The molecule has 3 aliphatic rings. The SMILES string of the molecule is CCOC(=O)C1=NN(c2ccc(Cl)cc2Cl)C(C)(C(=O)OCC)C1.CCc1cc(C)cc(CC)c1-c1c(OC(=O)C(C)(C)C)n2n(c1=O)CCOCC2.COC(=O)c1csc(C)c1S(=O)(=O)NC(=O)n1nc(OC)n(C)c1=O.Cc1c(C(=O)c2cnn(C)c2O)ccc(S(C)(=O)=O)c1C1=NOCC1. The van der Waals surface area contributed by atoms with Gasteiger partial charge in [0.2, 0.25) is 11.8 Å². The summed E-state index contributed by atoms with van der Waals surface area (Å²) in [5, 5.41) is 29.0. The lowest BCUT2D eigenvalue weighted by atomic mass is 9.91. The zero-order valence-electron chi connectivity index (χ0n) is 59.6. The Balaban J connectivity index is 0.000000193. The Hall–Kier alpha value is -9.48. The third-order valence-corrected chi connectivity index (χ3v) is 20.4. The molecule has 1 atom stereocenters. The number of aryl methyl sites for hydroxylation is 5. The fraction of sp³-hybridized carbons (Fsp3) is 0.433. The number of amides is 1. The van der Waals surface area contributed by atoms with Crippen LogP contribution in [0.1, 0.15) is 127 Å². The molecule has 4 aromatic heterocycles. The van der Waals surface area contributed by atoms with Gasteiger partial charge in [0.05, 0.1) is 92.2 Å². The molecule has 0 fully saturated rings. The number of nitrogens with zero attached hydrogens (tertiary/aromatic N) is 10. The minimum atomic E-state index is -4.45. The second-order valence-corrected chi connectivity index (χ2v) is 30.0. The number of methoxy groups -OCH3 is 2. The summed E-state index contributed by atoms with van der Waals surface area (Å²) in [6, 6.07) is 10.4. The molecule has 10 rings (SSSR count). The van der Waals surface area contributed by atoms with Crippen LogP contribution in [0.2, 0.25) is 10.0 Å². The molecule has 0 saturated carbocycles. The number of aromatic hydroxyl groups is 1. The molecule has 1 unspecified atom stereocenters. The summed E-state index contributed by atoms with van der Waals surface area (Å²) in [6.07, 6.45) is 4.49. The number of ether oxygens (including phenoxy) is 6. The number of thiophene rings is 1. The Morgan fingerprint density at radius 2 is 1.46 bits per heavy atom. The molecule has 0 radical (unpaired) electrons. The summed E-state index contributed by atoms with van der Waals surface area (Å²) in [5.41, 5.74) is 3.94. The number of fused-ring (bicyclic) bond motifs is 1. The highest BCUT2D eigenvalue weighted by atomic mass is 35.5. The number of hydrazone groups is 1. The van der Waals surface area contributed by atoms with Gasteiger partial charge in [-0.3, -0.25) is 14.4 Å². The first-order chi connectivity index (χ1) is 48.4. The van der Waals surface area contributed by atoms with Gasteiger partial charge in [-0.25, -0.2) is 69.2 Å². The molecule has 1 amide bonds. The third-order valence-electron chi connectivity index (χ3n) is 16.2. The van der Waals surface area contributed by atoms with Crippen molar-refractivity contribution < 1.29 is 84.0 Å². The number of sulfone groups is 1. The van der Waals surface area contributed by atoms with Crippen LogP contribution >= 0.6 is 34.5 Å². The monoisotopic (exact) mass is 1530 g/mol. The Labute approximate surface area is 607 Å². The molecule has 0 aliphatic carbocycles. The molecule has 3 aliphatic heterocycles. The quantitative estimate of drug-likeness (QED) is 0.0494. The summed E-state index contributed by atoms with van der Waals surface area (Å²) in [5.74, 6) is -2.64. The van der Waals surface area contributed by atoms with E-state index in [0.717, 1.165) is 58.8 Å². The topological polar surface area (TPSA) is 380 Å². The lowest BCUT2D eigenvalue weighted by Crippen LogP contribution is -2.48. The highest BCUT2D eigenvalue weighted by Crippen LogP contribution is 2.41. The van der Waals surface area contributed by atoms with Gasteiger partial charge in [0.1, 0.15) is 28.3 Å². The molecule has 7 aromatic rings. The van der Waals surface area contributed by atoms with Gasteiger partial charge in [-0.05, 0) is 128 Å². The van der Waals surface area contributed by atoms with Crippen molar-refractivity contribution in [2.75, 3.05) is 58.5 Å². The van der Waals surface area contributed by atoms with E-state index in [2.05, 4.69) is 58.1 Å². The summed E-state index contributed by atoms with van der Waals surface area (Å²) in [6.45, 7) is 22.5. The van der Waals surface area contributed by atoms with Crippen molar-refractivity contribution >= 4 is 107 Å². The van der Waals surface area contributed by atoms with Crippen LogP contribution < -0.4 is 30.5 Å². The maximum atomic E-state index is 13.5. The van der Waals surface area contributed by atoms with Gasteiger partial charge in [0.25, 0.3) is 15.6 Å². The van der Waals surface area contributed by atoms with Gasteiger partial charge in [-0.1, -0.05) is 59.9 Å². The van der Waals surface area contributed by atoms with E-state index >= 15 is 0 Å². The highest BCUT2D eigenvalue weighted by Gasteiger charge is 2.50. The number of halogens is 2. The van der Waals surface area contributed by atoms with Crippen LogP contribution in [0, 0.1) is 26.2 Å². The number of hydrogen-bond acceptors (Lipinski definition) is 26. The van der Waals surface area contributed by atoms with Gasteiger partial charge >= 0.3 is 41.6 Å². The van der Waals surface area contributed by atoms with Crippen LogP contribution in [0.3, 0.4) is 0 Å². The van der Waals surface area contributed by atoms with E-state index in [9.17, 15) is 60.3 Å². The standard InChI is InChI=1S/C23H32N2O4.C16H18Cl2N2O4.C16H17N3O5S.C12H14N4O7S2/c1-7-16-13-15(3)14-17(8-2)18(16)19-20(26)24-9-11-28-12-10-25(24)21(19)29-22(27)23(4,5)6;1-4-23-14(21)12-9-16(3,15(22)24-5-2)20(19-12)13-7-6-10(17)8-11(13)18;1-9-10(15(20)11-8-17-19(2)16(11)21)4-5-13(25(3,22)23)14(9)12-6-7-24-18-12;1-6-8(7(5-24-6)9(17)22-3)25(20,21)14-10(18)16-12(19)15(2)11(13-16)23-4/h13-14H,7-12H2,1-6H3;6-8H,4-5,9H2,1-3H3;4-5,8,21H,6-7H2,1-3H3;5H,1-4H3,(H,14,18). The summed E-state index contributed by atoms with van der Waals surface area (Å²) in [7, 11) is -2.82. The zero-order valence-corrected chi connectivity index (χ0v) is 63.6. The summed E-state index contributed by atoms with van der Waals surface area (Å²) < 4.78 is 87.7. The molecule has 31 nitrogen and oxygen atoms in total. The lowest BCUT2D eigenvalue weighted by molar-refractivity contribution is -0.148. The van der Waals surface area contributed by atoms with E-state index in [0.29, 0.717) is 88.0 Å². The van der Waals surface area contributed by atoms with Crippen LogP contribution in [0.4, 0.5) is 10.5 Å². The first-order valence-electron chi connectivity index (χ1n) is 32.0. The molecule has 3 aromatic carbocycles. The number of rotatable bonds is 17. The highest BCUT2D eigenvalue weighted by molar-refractivity contribution is 7.91. The second kappa shape index (κ2) is 33.3. The van der Waals surface area contributed by atoms with Crippen molar-refractivity contribution in [1.29, 1.82) is 0 Å². The predicted molar refractivity (Wildman–Crippen MR) is 381 cm³/mol. The fourth-order valence-corrected chi connectivity index (χ4v) is 14.9. The average molecular weight is 1530 g/mol. The van der Waals surface area contributed by atoms with Crippen LogP contribution in [0.5, 0.6) is 17.8 Å². The second-order valence-electron chi connectivity index (χ2n) is 24.5.